The first-order valence-corrected chi connectivity index (χ1v) is 12.5. The number of nitrogens with one attached hydrogen (secondary N) is 1. The van der Waals surface area contributed by atoms with Gasteiger partial charge < -0.3 is 4.74 Å². The average molecular weight is 479 g/mol. The molecular formula is C27H30N2O4S. The number of carbonyl (C=O) groups excluding carboxylic acids is 1. The minimum Gasteiger partial charge on any atom is -0.458 e. The van der Waals surface area contributed by atoms with E-state index in [1.807, 2.05) is 67.6 Å². The maximum Gasteiger partial charge on any atom is 0.332 e. The van der Waals surface area contributed by atoms with Crippen LogP contribution in [0, 0.1) is 6.92 Å². The summed E-state index contributed by atoms with van der Waals surface area (Å²) in [5, 5.41) is 0. The van der Waals surface area contributed by atoms with Crippen LogP contribution >= 0.6 is 0 Å². The van der Waals surface area contributed by atoms with Gasteiger partial charge in [-0.05, 0) is 39.8 Å². The van der Waals surface area contributed by atoms with E-state index < -0.39 is 27.6 Å². The van der Waals surface area contributed by atoms with E-state index in [4.69, 9.17) is 9.73 Å². The van der Waals surface area contributed by atoms with Crippen molar-refractivity contribution >= 4 is 21.7 Å². The van der Waals surface area contributed by atoms with E-state index in [-0.39, 0.29) is 11.4 Å². The number of carbonyl (C=O) groups is 1. The van der Waals surface area contributed by atoms with Crippen LogP contribution in [0.25, 0.3) is 0 Å². The van der Waals surface area contributed by atoms with E-state index in [1.165, 1.54) is 12.1 Å². The number of hydrogen-bond acceptors (Lipinski definition) is 5. The fraction of sp³-hybridized carbons (Fsp3) is 0.259. The molecule has 0 aliphatic carbocycles. The summed E-state index contributed by atoms with van der Waals surface area (Å²) in [7, 11) is -3.84. The maximum atomic E-state index is 13.1. The third-order valence-electron chi connectivity index (χ3n) is 4.86. The molecule has 0 aliphatic rings. The van der Waals surface area contributed by atoms with Gasteiger partial charge in [0.15, 0.2) is 6.04 Å². The van der Waals surface area contributed by atoms with Crippen LogP contribution in [-0.4, -0.2) is 38.3 Å². The normalized spacial score (nSPS) is 12.6. The van der Waals surface area contributed by atoms with Crippen LogP contribution in [0.15, 0.2) is 94.8 Å². The molecule has 0 bridgehead atoms. The molecular weight excluding hydrogens is 448 g/mol. The van der Waals surface area contributed by atoms with Crippen molar-refractivity contribution in [2.24, 2.45) is 4.99 Å². The van der Waals surface area contributed by atoms with Crippen molar-refractivity contribution in [1.82, 2.24) is 4.72 Å². The van der Waals surface area contributed by atoms with Crippen LogP contribution in [0.2, 0.25) is 0 Å². The second-order valence-corrected chi connectivity index (χ2v) is 10.7. The maximum absolute atomic E-state index is 13.1. The summed E-state index contributed by atoms with van der Waals surface area (Å²) in [5.41, 5.74) is 2.39. The topological polar surface area (TPSA) is 84.8 Å². The first-order chi connectivity index (χ1) is 16.0. The number of aliphatic imine (C=N–C) groups is 1. The quantitative estimate of drug-likeness (QED) is 0.381. The molecule has 0 saturated carbocycles. The van der Waals surface area contributed by atoms with Gasteiger partial charge in [-0.3, -0.25) is 4.99 Å². The van der Waals surface area contributed by atoms with E-state index in [2.05, 4.69) is 4.72 Å². The van der Waals surface area contributed by atoms with E-state index >= 15 is 0 Å². The number of sulfonamides is 1. The zero-order valence-corrected chi connectivity index (χ0v) is 20.7. The first-order valence-electron chi connectivity index (χ1n) is 11.0. The van der Waals surface area contributed by atoms with Gasteiger partial charge in [0.2, 0.25) is 10.0 Å². The lowest BCUT2D eigenvalue weighted by Crippen LogP contribution is -2.40. The number of ether oxygens (including phenoxy) is 1. The molecule has 34 heavy (non-hydrogen) atoms. The van der Waals surface area contributed by atoms with E-state index in [0.29, 0.717) is 5.71 Å². The van der Waals surface area contributed by atoms with Crippen molar-refractivity contribution in [3.8, 4) is 0 Å². The lowest BCUT2D eigenvalue weighted by molar-refractivity contribution is -0.156. The number of benzene rings is 3. The predicted molar refractivity (Wildman–Crippen MR) is 135 cm³/mol. The number of rotatable bonds is 8. The van der Waals surface area contributed by atoms with Gasteiger partial charge in [-0.1, -0.05) is 78.4 Å². The van der Waals surface area contributed by atoms with Crippen LogP contribution in [-0.2, 0) is 19.6 Å². The Labute approximate surface area is 201 Å². The third kappa shape index (κ3) is 7.10. The molecule has 0 fully saturated rings. The van der Waals surface area contributed by atoms with Gasteiger partial charge in [0, 0.05) is 17.7 Å². The summed E-state index contributed by atoms with van der Waals surface area (Å²) in [4.78, 5) is 17.9. The summed E-state index contributed by atoms with van der Waals surface area (Å²) in [6.45, 7) is 6.92. The zero-order chi connectivity index (χ0) is 24.8. The number of hydrogen-bond donors (Lipinski definition) is 1. The minimum absolute atomic E-state index is 0.122. The average Bonchev–Trinajstić information content (AvgIpc) is 2.79. The van der Waals surface area contributed by atoms with Gasteiger partial charge in [-0.15, -0.1) is 0 Å². The molecule has 0 aromatic heterocycles. The molecule has 6 nitrogen and oxygen atoms in total. The lowest BCUT2D eigenvalue weighted by Gasteiger charge is -2.23. The second-order valence-electron chi connectivity index (χ2n) is 8.92. The number of aryl methyl sites for hydroxylation is 1. The summed E-state index contributed by atoms with van der Waals surface area (Å²) in [5.74, 6) is -0.608. The van der Waals surface area contributed by atoms with Crippen LogP contribution in [0.5, 0.6) is 0 Å². The fourth-order valence-corrected chi connectivity index (χ4v) is 4.24. The predicted octanol–water partition coefficient (Wildman–Crippen LogP) is 4.52. The molecule has 3 aromatic carbocycles. The monoisotopic (exact) mass is 478 g/mol. The van der Waals surface area contributed by atoms with Crippen LogP contribution < -0.4 is 4.72 Å². The minimum atomic E-state index is -3.84. The van der Waals surface area contributed by atoms with Crippen molar-refractivity contribution in [3.63, 3.8) is 0 Å². The number of nitrogens with zero attached hydrogens (tertiary/aromatic N) is 1. The first kappa shape index (κ1) is 25.3. The molecule has 178 valence electrons. The molecule has 0 unspecified atom stereocenters. The molecule has 0 amide bonds. The van der Waals surface area contributed by atoms with Gasteiger partial charge in [0.05, 0.1) is 10.6 Å². The summed E-state index contributed by atoms with van der Waals surface area (Å²) in [6, 6.07) is 24.3. The standard InChI is InChI=1S/C27H30N2O4S/c1-20-15-17-23(18-16-20)34(31,32)28-19-24(26(30)33-27(2,3)4)29-25(21-11-7-5-8-12-21)22-13-9-6-10-14-22/h5-18,24,28H,19H2,1-4H3/t24-/m0/s1. The van der Waals surface area contributed by atoms with Crippen molar-refractivity contribution in [1.29, 1.82) is 0 Å². The SMILES string of the molecule is Cc1ccc(S(=O)(=O)NC[C@H](N=C(c2ccccc2)c2ccccc2)C(=O)OC(C)(C)C)cc1. The molecule has 0 aliphatic heterocycles. The molecule has 3 rings (SSSR count). The fourth-order valence-electron chi connectivity index (χ4n) is 3.20. The Morgan fingerprint density at radius 2 is 1.38 bits per heavy atom. The smallest absolute Gasteiger partial charge is 0.332 e. The van der Waals surface area contributed by atoms with E-state index in [0.717, 1.165) is 16.7 Å². The van der Waals surface area contributed by atoms with Crippen molar-refractivity contribution in [2.45, 2.75) is 44.2 Å². The summed E-state index contributed by atoms with van der Waals surface area (Å²) in [6.07, 6.45) is 0. The van der Waals surface area contributed by atoms with Gasteiger partial charge in [-0.2, -0.15) is 0 Å². The molecule has 0 saturated heterocycles. The molecule has 0 heterocycles. The van der Waals surface area contributed by atoms with Crippen molar-refractivity contribution in [2.75, 3.05) is 6.54 Å². The highest BCUT2D eigenvalue weighted by Gasteiger charge is 2.28. The summed E-state index contributed by atoms with van der Waals surface area (Å²) >= 11 is 0. The lowest BCUT2D eigenvalue weighted by atomic mass is 10.0. The molecule has 0 radical (unpaired) electrons. The molecule has 0 spiro atoms. The van der Waals surface area contributed by atoms with Gasteiger partial charge in [-0.25, -0.2) is 17.9 Å². The largest absolute Gasteiger partial charge is 0.458 e. The summed E-state index contributed by atoms with van der Waals surface area (Å²) < 4.78 is 33.9. The van der Waals surface area contributed by atoms with Gasteiger partial charge >= 0.3 is 5.97 Å². The Bertz CT molecular complexity index is 1190. The Balaban J connectivity index is 1.99. The molecule has 1 atom stereocenters. The van der Waals surface area contributed by atoms with Crippen molar-refractivity contribution < 1.29 is 17.9 Å². The Morgan fingerprint density at radius 3 is 1.85 bits per heavy atom. The van der Waals surface area contributed by atoms with E-state index in [1.54, 1.807) is 32.9 Å². The number of esters is 1. The highest BCUT2D eigenvalue weighted by Crippen LogP contribution is 2.16. The molecule has 1 N–H and O–H groups in total. The third-order valence-corrected chi connectivity index (χ3v) is 6.30. The molecule has 7 heteroatoms. The highest BCUT2D eigenvalue weighted by molar-refractivity contribution is 7.89. The zero-order valence-electron chi connectivity index (χ0n) is 19.9. The Morgan fingerprint density at radius 1 is 0.882 bits per heavy atom. The Hall–Kier alpha value is -3.29. The van der Waals surface area contributed by atoms with Crippen LogP contribution in [0.1, 0.15) is 37.5 Å². The van der Waals surface area contributed by atoms with Crippen LogP contribution in [0.3, 0.4) is 0 Å². The van der Waals surface area contributed by atoms with Gasteiger partial charge in [0.1, 0.15) is 5.60 Å². The van der Waals surface area contributed by atoms with Crippen LogP contribution in [0.4, 0.5) is 0 Å². The van der Waals surface area contributed by atoms with Crippen molar-refractivity contribution in [3.05, 3.63) is 102 Å². The van der Waals surface area contributed by atoms with Gasteiger partial charge in [0.25, 0.3) is 0 Å². The van der Waals surface area contributed by atoms with E-state index in [9.17, 15) is 13.2 Å². The Kier molecular flexibility index (Phi) is 8.02. The second kappa shape index (κ2) is 10.8. The highest BCUT2D eigenvalue weighted by atomic mass is 32.2. The molecule has 3 aromatic rings.